The Kier molecular flexibility index (Phi) is 3.05. The monoisotopic (exact) mass is 251 g/mol. The highest BCUT2D eigenvalue weighted by molar-refractivity contribution is 7.71. The van der Waals surface area contributed by atoms with Crippen LogP contribution in [0.25, 0.3) is 0 Å². The standard InChI is InChI=1S/C9H12F3N3S/c10-9(11,12)6-3-1-5(2-4-6)7-13-8(16)15-14-7/h5-6H,1-4H2,(H2,13,14,15,16). The van der Waals surface area contributed by atoms with Crippen molar-refractivity contribution >= 4 is 12.2 Å². The highest BCUT2D eigenvalue weighted by atomic mass is 32.1. The third-order valence-electron chi connectivity index (χ3n) is 3.10. The molecule has 0 bridgehead atoms. The van der Waals surface area contributed by atoms with Crippen LogP contribution in [0.1, 0.15) is 37.4 Å². The van der Waals surface area contributed by atoms with Crippen LogP contribution in [0, 0.1) is 10.7 Å². The van der Waals surface area contributed by atoms with Crippen molar-refractivity contribution in [2.45, 2.75) is 37.8 Å². The molecule has 1 aliphatic carbocycles. The second kappa shape index (κ2) is 4.20. The van der Waals surface area contributed by atoms with E-state index in [1.807, 2.05) is 0 Å². The molecule has 0 amide bonds. The SMILES string of the molecule is FC(F)(F)C1CCC(c2nc(=S)[nH][nH]2)CC1. The van der Waals surface area contributed by atoms with E-state index in [1.165, 1.54) is 0 Å². The number of alkyl halides is 3. The van der Waals surface area contributed by atoms with E-state index < -0.39 is 12.1 Å². The molecule has 0 spiro atoms. The van der Waals surface area contributed by atoms with Crippen LogP contribution in [-0.4, -0.2) is 21.4 Å². The number of hydrogen-bond donors (Lipinski definition) is 2. The van der Waals surface area contributed by atoms with Gasteiger partial charge < -0.3 is 0 Å². The number of aromatic amines is 2. The zero-order valence-corrected chi connectivity index (χ0v) is 9.29. The zero-order chi connectivity index (χ0) is 11.8. The number of hydrogen-bond acceptors (Lipinski definition) is 2. The molecule has 1 aliphatic rings. The number of halogens is 3. The molecule has 0 aliphatic heterocycles. The minimum atomic E-state index is -4.05. The molecule has 1 aromatic heterocycles. The maximum Gasteiger partial charge on any atom is 0.391 e. The summed E-state index contributed by atoms with van der Waals surface area (Å²) in [4.78, 5) is 4.04. The average Bonchev–Trinajstić information content (AvgIpc) is 2.64. The lowest BCUT2D eigenvalue weighted by molar-refractivity contribution is -0.182. The van der Waals surface area contributed by atoms with Crippen LogP contribution in [0.15, 0.2) is 0 Å². The van der Waals surface area contributed by atoms with Crippen LogP contribution < -0.4 is 0 Å². The largest absolute Gasteiger partial charge is 0.391 e. The Morgan fingerprint density at radius 3 is 2.19 bits per heavy atom. The zero-order valence-electron chi connectivity index (χ0n) is 8.47. The number of nitrogens with zero attached hydrogens (tertiary/aromatic N) is 1. The quantitative estimate of drug-likeness (QED) is 0.752. The summed E-state index contributed by atoms with van der Waals surface area (Å²) in [5, 5.41) is 5.47. The van der Waals surface area contributed by atoms with Crippen molar-refractivity contribution in [2.75, 3.05) is 0 Å². The summed E-state index contributed by atoms with van der Waals surface area (Å²) in [5.41, 5.74) is 0. The van der Waals surface area contributed by atoms with Crippen LogP contribution in [0.5, 0.6) is 0 Å². The Morgan fingerprint density at radius 1 is 1.12 bits per heavy atom. The fourth-order valence-electron chi connectivity index (χ4n) is 2.17. The number of rotatable bonds is 1. The van der Waals surface area contributed by atoms with E-state index in [2.05, 4.69) is 15.2 Å². The van der Waals surface area contributed by atoms with Crippen molar-refractivity contribution in [2.24, 2.45) is 5.92 Å². The Bertz CT molecular complexity index is 401. The summed E-state index contributed by atoms with van der Waals surface area (Å²) < 4.78 is 37.6. The van der Waals surface area contributed by atoms with E-state index in [-0.39, 0.29) is 18.8 Å². The van der Waals surface area contributed by atoms with E-state index >= 15 is 0 Å². The fourth-order valence-corrected chi connectivity index (χ4v) is 2.32. The van der Waals surface area contributed by atoms with E-state index in [0.29, 0.717) is 23.4 Å². The first kappa shape index (κ1) is 11.6. The third kappa shape index (κ3) is 2.45. The molecule has 1 aromatic rings. The third-order valence-corrected chi connectivity index (χ3v) is 3.29. The first-order chi connectivity index (χ1) is 7.47. The lowest BCUT2D eigenvalue weighted by Crippen LogP contribution is -2.27. The van der Waals surface area contributed by atoms with Crippen LogP contribution in [0.3, 0.4) is 0 Å². The average molecular weight is 251 g/mol. The molecule has 0 saturated heterocycles. The minimum Gasteiger partial charge on any atom is -0.285 e. The molecule has 2 rings (SSSR count). The molecular weight excluding hydrogens is 239 g/mol. The van der Waals surface area contributed by atoms with Crippen molar-refractivity contribution < 1.29 is 13.2 Å². The van der Waals surface area contributed by atoms with Gasteiger partial charge in [0.25, 0.3) is 0 Å². The molecule has 3 nitrogen and oxygen atoms in total. The lowest BCUT2D eigenvalue weighted by Gasteiger charge is -2.28. The van der Waals surface area contributed by atoms with Crippen LogP contribution >= 0.6 is 12.2 Å². The number of nitrogens with one attached hydrogen (secondary N) is 2. The summed E-state index contributed by atoms with van der Waals surface area (Å²) in [6, 6.07) is 0. The van der Waals surface area contributed by atoms with Crippen LogP contribution in [0.2, 0.25) is 0 Å². The molecule has 1 saturated carbocycles. The van der Waals surface area contributed by atoms with E-state index in [4.69, 9.17) is 12.2 Å². The molecule has 1 fully saturated rings. The van der Waals surface area contributed by atoms with Gasteiger partial charge in [-0.1, -0.05) is 0 Å². The van der Waals surface area contributed by atoms with Crippen molar-refractivity contribution in [3.63, 3.8) is 0 Å². The Labute approximate surface area is 95.5 Å². The topological polar surface area (TPSA) is 44.5 Å². The Hall–Kier alpha value is -0.850. The van der Waals surface area contributed by atoms with Gasteiger partial charge in [0.2, 0.25) is 4.77 Å². The highest BCUT2D eigenvalue weighted by Crippen LogP contribution is 2.41. The van der Waals surface area contributed by atoms with Gasteiger partial charge in [0.05, 0.1) is 5.92 Å². The first-order valence-corrected chi connectivity index (χ1v) is 5.59. The molecule has 16 heavy (non-hydrogen) atoms. The van der Waals surface area contributed by atoms with Gasteiger partial charge in [-0.25, -0.2) is 4.98 Å². The summed E-state index contributed by atoms with van der Waals surface area (Å²) in [5.74, 6) is -0.386. The normalized spacial score (nSPS) is 26.9. The molecule has 0 radical (unpaired) electrons. The van der Waals surface area contributed by atoms with Gasteiger partial charge in [0.15, 0.2) is 0 Å². The fraction of sp³-hybridized carbons (Fsp3) is 0.778. The number of aromatic nitrogens is 3. The maximum atomic E-state index is 12.4. The maximum absolute atomic E-state index is 12.4. The summed E-state index contributed by atoms with van der Waals surface area (Å²) in [6.45, 7) is 0. The van der Waals surface area contributed by atoms with E-state index in [1.54, 1.807) is 0 Å². The van der Waals surface area contributed by atoms with Crippen molar-refractivity contribution in [3.05, 3.63) is 10.6 Å². The van der Waals surface area contributed by atoms with Crippen molar-refractivity contribution in [1.29, 1.82) is 0 Å². The highest BCUT2D eigenvalue weighted by Gasteiger charge is 2.41. The summed E-state index contributed by atoms with van der Waals surface area (Å²) in [7, 11) is 0. The van der Waals surface area contributed by atoms with Gasteiger partial charge in [-0.2, -0.15) is 13.2 Å². The van der Waals surface area contributed by atoms with E-state index in [0.717, 1.165) is 0 Å². The first-order valence-electron chi connectivity index (χ1n) is 5.18. The van der Waals surface area contributed by atoms with Crippen molar-refractivity contribution in [1.82, 2.24) is 15.2 Å². The summed E-state index contributed by atoms with van der Waals surface area (Å²) in [6.07, 6.45) is -2.66. The Balaban J connectivity index is 1.98. The van der Waals surface area contributed by atoms with Gasteiger partial charge in [0.1, 0.15) is 5.82 Å². The minimum absolute atomic E-state index is 0.0755. The van der Waals surface area contributed by atoms with Gasteiger partial charge >= 0.3 is 6.18 Å². The molecule has 0 unspecified atom stereocenters. The smallest absolute Gasteiger partial charge is 0.285 e. The van der Waals surface area contributed by atoms with Gasteiger partial charge in [-0.3, -0.25) is 10.2 Å². The van der Waals surface area contributed by atoms with Gasteiger partial charge in [0, 0.05) is 5.92 Å². The lowest BCUT2D eigenvalue weighted by atomic mass is 9.81. The van der Waals surface area contributed by atoms with Crippen molar-refractivity contribution in [3.8, 4) is 0 Å². The van der Waals surface area contributed by atoms with Gasteiger partial charge in [-0.15, -0.1) is 0 Å². The second-order valence-electron chi connectivity index (χ2n) is 4.14. The molecule has 2 N–H and O–H groups in total. The molecule has 7 heteroatoms. The summed E-state index contributed by atoms with van der Waals surface area (Å²) >= 11 is 4.81. The molecule has 90 valence electrons. The van der Waals surface area contributed by atoms with E-state index in [9.17, 15) is 13.2 Å². The molecule has 1 heterocycles. The predicted molar refractivity (Wildman–Crippen MR) is 54.5 cm³/mol. The van der Waals surface area contributed by atoms with Crippen LogP contribution in [-0.2, 0) is 0 Å². The number of H-pyrrole nitrogens is 2. The molecule has 0 atom stereocenters. The Morgan fingerprint density at radius 2 is 1.75 bits per heavy atom. The van der Waals surface area contributed by atoms with Gasteiger partial charge in [-0.05, 0) is 37.9 Å². The molecular formula is C9H12F3N3S. The second-order valence-corrected chi connectivity index (χ2v) is 4.53. The van der Waals surface area contributed by atoms with Crippen LogP contribution in [0.4, 0.5) is 13.2 Å². The predicted octanol–water partition coefficient (Wildman–Crippen LogP) is 3.30. The molecule has 0 aromatic carbocycles.